The molecule has 0 spiro atoms. The molecule has 1 saturated carbocycles. The largest absolute Gasteiger partial charge is 0.341 e. The van der Waals surface area contributed by atoms with Crippen LogP contribution in [0.1, 0.15) is 46.9 Å². The topological polar surface area (TPSA) is 82.2 Å². The van der Waals surface area contributed by atoms with Gasteiger partial charge in [0.15, 0.2) is 0 Å². The summed E-state index contributed by atoms with van der Waals surface area (Å²) in [5.41, 5.74) is 2.47. The van der Waals surface area contributed by atoms with Gasteiger partial charge in [-0.2, -0.15) is 5.10 Å². The second-order valence-electron chi connectivity index (χ2n) is 7.05. The molecule has 1 N–H and O–H groups in total. The van der Waals surface area contributed by atoms with Crippen molar-refractivity contribution in [2.24, 2.45) is 0 Å². The summed E-state index contributed by atoms with van der Waals surface area (Å²) in [5, 5.41) is 7.18. The summed E-state index contributed by atoms with van der Waals surface area (Å²) in [6.07, 6.45) is 6.91. The van der Waals surface area contributed by atoms with Crippen LogP contribution in [0.2, 0.25) is 0 Å². The highest BCUT2D eigenvalue weighted by molar-refractivity contribution is 5.92. The molecule has 2 fully saturated rings. The van der Waals surface area contributed by atoms with Crippen molar-refractivity contribution in [3.05, 3.63) is 47.5 Å². The normalized spacial score (nSPS) is 17.8. The van der Waals surface area contributed by atoms with Crippen molar-refractivity contribution >= 4 is 11.8 Å². The number of rotatable bonds is 4. The number of amides is 2. The number of H-pyrrole nitrogens is 1. The zero-order valence-corrected chi connectivity index (χ0v) is 14.7. The molecule has 2 aliphatic rings. The van der Waals surface area contributed by atoms with Crippen LogP contribution in [0.15, 0.2) is 30.6 Å². The SMILES string of the molecule is O=C(Cc1cccnc1)N1CCCN(C(=O)c2cc(C3CC3)[nH]n2)CC1. The van der Waals surface area contributed by atoms with E-state index in [1.807, 2.05) is 28.0 Å². The predicted molar refractivity (Wildman–Crippen MR) is 95.6 cm³/mol. The maximum atomic E-state index is 12.7. The first-order chi connectivity index (χ1) is 12.7. The van der Waals surface area contributed by atoms with Crippen LogP contribution in [0.5, 0.6) is 0 Å². The molecule has 0 unspecified atom stereocenters. The molecule has 0 atom stereocenters. The Balaban J connectivity index is 1.35. The fourth-order valence-electron chi connectivity index (χ4n) is 3.37. The van der Waals surface area contributed by atoms with Gasteiger partial charge in [0.2, 0.25) is 5.91 Å². The molecule has 7 heteroatoms. The van der Waals surface area contributed by atoms with E-state index < -0.39 is 0 Å². The molecule has 2 aromatic rings. The molecule has 1 aliphatic carbocycles. The fraction of sp³-hybridized carbons (Fsp3) is 0.474. The van der Waals surface area contributed by atoms with Gasteiger partial charge in [-0.3, -0.25) is 19.7 Å². The minimum absolute atomic E-state index is 0.0466. The average molecular weight is 353 g/mol. The third kappa shape index (κ3) is 3.76. The van der Waals surface area contributed by atoms with Crippen LogP contribution in [0.25, 0.3) is 0 Å². The molecule has 4 rings (SSSR count). The highest BCUT2D eigenvalue weighted by atomic mass is 16.2. The molecule has 0 radical (unpaired) electrons. The maximum absolute atomic E-state index is 12.7. The third-order valence-electron chi connectivity index (χ3n) is 5.05. The van der Waals surface area contributed by atoms with E-state index in [1.165, 1.54) is 12.8 Å². The molecule has 0 bridgehead atoms. The summed E-state index contributed by atoms with van der Waals surface area (Å²) in [6.45, 7) is 2.44. The van der Waals surface area contributed by atoms with Crippen molar-refractivity contribution in [1.29, 1.82) is 0 Å². The van der Waals surface area contributed by atoms with E-state index in [-0.39, 0.29) is 11.8 Å². The molecular weight excluding hydrogens is 330 g/mol. The summed E-state index contributed by atoms with van der Waals surface area (Å²) in [5.74, 6) is 0.589. The molecule has 3 heterocycles. The summed E-state index contributed by atoms with van der Waals surface area (Å²) >= 11 is 0. The number of carbonyl (C=O) groups excluding carboxylic acids is 2. The van der Waals surface area contributed by atoms with Gasteiger partial charge in [0, 0.05) is 50.2 Å². The Bertz CT molecular complexity index is 784. The van der Waals surface area contributed by atoms with Gasteiger partial charge in [0.05, 0.1) is 6.42 Å². The number of pyridine rings is 1. The lowest BCUT2D eigenvalue weighted by atomic mass is 10.2. The Labute approximate surface area is 152 Å². The van der Waals surface area contributed by atoms with E-state index in [1.54, 1.807) is 12.4 Å². The Morgan fingerprint density at radius 3 is 2.73 bits per heavy atom. The first kappa shape index (κ1) is 16.8. The zero-order valence-electron chi connectivity index (χ0n) is 14.7. The van der Waals surface area contributed by atoms with Gasteiger partial charge in [-0.25, -0.2) is 0 Å². The second-order valence-corrected chi connectivity index (χ2v) is 7.05. The van der Waals surface area contributed by atoms with E-state index in [0.29, 0.717) is 44.2 Å². The predicted octanol–water partition coefficient (Wildman–Crippen LogP) is 1.60. The van der Waals surface area contributed by atoms with Gasteiger partial charge in [-0.1, -0.05) is 6.07 Å². The lowest BCUT2D eigenvalue weighted by molar-refractivity contribution is -0.130. The van der Waals surface area contributed by atoms with Crippen LogP contribution in [0.4, 0.5) is 0 Å². The van der Waals surface area contributed by atoms with Crippen LogP contribution in [0, 0.1) is 0 Å². The van der Waals surface area contributed by atoms with E-state index in [4.69, 9.17) is 0 Å². The van der Waals surface area contributed by atoms with Crippen molar-refractivity contribution in [1.82, 2.24) is 25.0 Å². The number of nitrogens with zero attached hydrogens (tertiary/aromatic N) is 4. The summed E-state index contributed by atoms with van der Waals surface area (Å²) in [4.78, 5) is 33.0. The van der Waals surface area contributed by atoms with Crippen LogP contribution >= 0.6 is 0 Å². The van der Waals surface area contributed by atoms with Gasteiger partial charge in [0.25, 0.3) is 5.91 Å². The zero-order chi connectivity index (χ0) is 17.9. The third-order valence-corrected chi connectivity index (χ3v) is 5.05. The number of nitrogens with one attached hydrogen (secondary N) is 1. The van der Waals surface area contributed by atoms with Crippen molar-refractivity contribution in [3.63, 3.8) is 0 Å². The van der Waals surface area contributed by atoms with Crippen LogP contribution in [-0.4, -0.2) is 63.0 Å². The van der Waals surface area contributed by atoms with E-state index >= 15 is 0 Å². The molecule has 2 aromatic heterocycles. The van der Waals surface area contributed by atoms with Gasteiger partial charge in [0.1, 0.15) is 5.69 Å². The first-order valence-corrected chi connectivity index (χ1v) is 9.22. The first-order valence-electron chi connectivity index (χ1n) is 9.22. The number of aromatic nitrogens is 3. The lowest BCUT2D eigenvalue weighted by Gasteiger charge is -2.21. The number of hydrogen-bond donors (Lipinski definition) is 1. The molecule has 0 aromatic carbocycles. The standard InChI is InChI=1S/C19H23N5O2/c25-18(11-14-3-1-6-20-13-14)23-7-2-8-24(10-9-23)19(26)17-12-16(21-22-17)15-4-5-15/h1,3,6,12-13,15H,2,4-5,7-11H2,(H,21,22). The maximum Gasteiger partial charge on any atom is 0.274 e. The Morgan fingerprint density at radius 2 is 1.96 bits per heavy atom. The highest BCUT2D eigenvalue weighted by Gasteiger charge is 2.28. The van der Waals surface area contributed by atoms with E-state index in [0.717, 1.165) is 17.7 Å². The van der Waals surface area contributed by atoms with E-state index in [9.17, 15) is 9.59 Å². The molecule has 1 aliphatic heterocycles. The minimum atomic E-state index is -0.0466. The Morgan fingerprint density at radius 1 is 1.15 bits per heavy atom. The fourth-order valence-corrected chi connectivity index (χ4v) is 3.37. The van der Waals surface area contributed by atoms with Crippen molar-refractivity contribution < 1.29 is 9.59 Å². The van der Waals surface area contributed by atoms with Crippen molar-refractivity contribution in [2.45, 2.75) is 31.6 Å². The van der Waals surface area contributed by atoms with Crippen LogP contribution < -0.4 is 0 Å². The van der Waals surface area contributed by atoms with Gasteiger partial charge in [-0.15, -0.1) is 0 Å². The molecule has 136 valence electrons. The number of hydrogen-bond acceptors (Lipinski definition) is 4. The average Bonchev–Trinajstić information content (AvgIpc) is 3.44. The molecule has 26 heavy (non-hydrogen) atoms. The Hall–Kier alpha value is -2.70. The molecular formula is C19H23N5O2. The second kappa shape index (κ2) is 7.27. The highest BCUT2D eigenvalue weighted by Crippen LogP contribution is 2.39. The van der Waals surface area contributed by atoms with Crippen molar-refractivity contribution in [3.8, 4) is 0 Å². The monoisotopic (exact) mass is 353 g/mol. The number of aromatic amines is 1. The molecule has 1 saturated heterocycles. The quantitative estimate of drug-likeness (QED) is 0.905. The van der Waals surface area contributed by atoms with Crippen molar-refractivity contribution in [2.75, 3.05) is 26.2 Å². The number of carbonyl (C=O) groups is 2. The van der Waals surface area contributed by atoms with E-state index in [2.05, 4.69) is 15.2 Å². The van der Waals surface area contributed by atoms with Gasteiger partial charge >= 0.3 is 0 Å². The minimum Gasteiger partial charge on any atom is -0.341 e. The summed E-state index contributed by atoms with van der Waals surface area (Å²) in [6, 6.07) is 5.63. The van der Waals surface area contributed by atoms with Gasteiger partial charge in [-0.05, 0) is 37.0 Å². The molecule has 7 nitrogen and oxygen atoms in total. The van der Waals surface area contributed by atoms with Crippen LogP contribution in [-0.2, 0) is 11.2 Å². The van der Waals surface area contributed by atoms with Gasteiger partial charge < -0.3 is 9.80 Å². The summed E-state index contributed by atoms with van der Waals surface area (Å²) in [7, 11) is 0. The Kier molecular flexibility index (Phi) is 4.69. The molecule has 2 amide bonds. The smallest absolute Gasteiger partial charge is 0.274 e. The summed E-state index contributed by atoms with van der Waals surface area (Å²) < 4.78 is 0. The van der Waals surface area contributed by atoms with Crippen LogP contribution in [0.3, 0.4) is 0 Å². The lowest BCUT2D eigenvalue weighted by Crippen LogP contribution is -2.38.